The second-order valence-corrected chi connectivity index (χ2v) is 9.40. The Morgan fingerprint density at radius 3 is 2.28 bits per heavy atom. The van der Waals surface area contributed by atoms with E-state index in [2.05, 4.69) is 5.32 Å². The van der Waals surface area contributed by atoms with E-state index in [1.54, 1.807) is 55.5 Å². The number of ether oxygens (including phenoxy) is 2. The number of likely N-dealkylation sites (tertiary alicyclic amines) is 2. The van der Waals surface area contributed by atoms with Gasteiger partial charge in [-0.1, -0.05) is 18.2 Å². The molecule has 4 rings (SSSR count). The molecule has 192 valence electrons. The standard InChI is InChI=1S/C28H35N3O5/c1-35-22-10-8-9-21(19-22)26(32)29-25(28(34)30-15-6-3-7-16-30)20-13-17-31(18-14-20)27(33)23-11-4-5-12-24(23)36-2/h4-5,8-12,19-20,25H,3,6-7,13-18H2,1-2H3,(H,29,32). The van der Waals surface area contributed by atoms with Crippen LogP contribution in [0.5, 0.6) is 11.5 Å². The minimum Gasteiger partial charge on any atom is -0.497 e. The van der Waals surface area contributed by atoms with Gasteiger partial charge < -0.3 is 24.6 Å². The van der Waals surface area contributed by atoms with Crippen molar-refractivity contribution in [2.75, 3.05) is 40.4 Å². The van der Waals surface area contributed by atoms with Crippen LogP contribution in [-0.2, 0) is 4.79 Å². The Kier molecular flexibility index (Phi) is 8.46. The van der Waals surface area contributed by atoms with Crippen molar-refractivity contribution in [1.29, 1.82) is 0 Å². The fourth-order valence-electron chi connectivity index (χ4n) is 5.11. The summed E-state index contributed by atoms with van der Waals surface area (Å²) in [6.07, 6.45) is 4.34. The summed E-state index contributed by atoms with van der Waals surface area (Å²) in [6, 6.07) is 13.5. The van der Waals surface area contributed by atoms with Crippen LogP contribution in [0, 0.1) is 5.92 Å². The zero-order valence-electron chi connectivity index (χ0n) is 21.1. The highest BCUT2D eigenvalue weighted by atomic mass is 16.5. The molecule has 2 aromatic rings. The van der Waals surface area contributed by atoms with Crippen LogP contribution in [0.1, 0.15) is 52.8 Å². The predicted octanol–water partition coefficient (Wildman–Crippen LogP) is 3.37. The van der Waals surface area contributed by atoms with Crippen LogP contribution in [-0.4, -0.2) is 74.0 Å². The Balaban J connectivity index is 1.48. The van der Waals surface area contributed by atoms with E-state index in [0.29, 0.717) is 48.6 Å². The number of hydrogen-bond acceptors (Lipinski definition) is 5. The molecule has 0 spiro atoms. The van der Waals surface area contributed by atoms with Gasteiger partial charge in [0.2, 0.25) is 5.91 Å². The first-order valence-electron chi connectivity index (χ1n) is 12.7. The molecule has 2 aliphatic rings. The van der Waals surface area contributed by atoms with Gasteiger partial charge in [-0.2, -0.15) is 0 Å². The molecule has 8 nitrogen and oxygen atoms in total. The van der Waals surface area contributed by atoms with E-state index in [9.17, 15) is 14.4 Å². The van der Waals surface area contributed by atoms with Gasteiger partial charge in [-0.25, -0.2) is 0 Å². The summed E-state index contributed by atoms with van der Waals surface area (Å²) < 4.78 is 10.6. The highest BCUT2D eigenvalue weighted by molar-refractivity contribution is 5.98. The Labute approximate surface area is 212 Å². The number of nitrogens with zero attached hydrogens (tertiary/aromatic N) is 2. The second-order valence-electron chi connectivity index (χ2n) is 9.40. The largest absolute Gasteiger partial charge is 0.497 e. The highest BCUT2D eigenvalue weighted by Crippen LogP contribution is 2.27. The maximum atomic E-state index is 13.6. The van der Waals surface area contributed by atoms with Crippen LogP contribution >= 0.6 is 0 Å². The maximum absolute atomic E-state index is 13.6. The molecule has 1 N–H and O–H groups in total. The van der Waals surface area contributed by atoms with Crippen molar-refractivity contribution in [3.8, 4) is 11.5 Å². The molecule has 2 saturated heterocycles. The summed E-state index contributed by atoms with van der Waals surface area (Å²) in [6.45, 7) is 2.46. The number of amides is 3. The minimum atomic E-state index is -0.634. The molecule has 0 radical (unpaired) electrons. The van der Waals surface area contributed by atoms with Crippen molar-refractivity contribution in [3.63, 3.8) is 0 Å². The molecule has 8 heteroatoms. The van der Waals surface area contributed by atoms with E-state index >= 15 is 0 Å². The normalized spacial score (nSPS) is 17.3. The lowest BCUT2D eigenvalue weighted by Gasteiger charge is -2.38. The first-order valence-corrected chi connectivity index (χ1v) is 12.7. The molecular formula is C28H35N3O5. The molecule has 0 aliphatic carbocycles. The molecular weight excluding hydrogens is 458 g/mol. The summed E-state index contributed by atoms with van der Waals surface area (Å²) in [5, 5.41) is 3.04. The van der Waals surface area contributed by atoms with Crippen LogP contribution in [0.15, 0.2) is 48.5 Å². The number of nitrogens with one attached hydrogen (secondary N) is 1. The number of para-hydroxylation sites is 1. The van der Waals surface area contributed by atoms with E-state index in [0.717, 1.165) is 32.4 Å². The van der Waals surface area contributed by atoms with Crippen LogP contribution in [0.3, 0.4) is 0 Å². The molecule has 1 atom stereocenters. The summed E-state index contributed by atoms with van der Waals surface area (Å²) in [7, 11) is 3.11. The molecule has 0 saturated carbocycles. The number of carbonyl (C=O) groups is 3. The SMILES string of the molecule is COc1cccc(C(=O)NC(C(=O)N2CCCCC2)C2CCN(C(=O)c3ccccc3OC)CC2)c1. The molecule has 2 heterocycles. The van der Waals surface area contributed by atoms with Crippen molar-refractivity contribution in [3.05, 3.63) is 59.7 Å². The van der Waals surface area contributed by atoms with Gasteiger partial charge in [0, 0.05) is 31.7 Å². The van der Waals surface area contributed by atoms with Gasteiger partial charge in [0.05, 0.1) is 19.8 Å². The highest BCUT2D eigenvalue weighted by Gasteiger charge is 2.37. The molecule has 2 fully saturated rings. The molecule has 3 amide bonds. The van der Waals surface area contributed by atoms with E-state index < -0.39 is 6.04 Å². The monoisotopic (exact) mass is 493 g/mol. The number of hydrogen-bond donors (Lipinski definition) is 1. The van der Waals surface area contributed by atoms with Gasteiger partial charge in [0.25, 0.3) is 11.8 Å². The average Bonchev–Trinajstić information content (AvgIpc) is 2.95. The van der Waals surface area contributed by atoms with Crippen molar-refractivity contribution in [2.45, 2.75) is 38.1 Å². The van der Waals surface area contributed by atoms with E-state index in [-0.39, 0.29) is 23.6 Å². The van der Waals surface area contributed by atoms with Gasteiger partial charge in [-0.3, -0.25) is 14.4 Å². The molecule has 1 unspecified atom stereocenters. The Morgan fingerprint density at radius 2 is 1.58 bits per heavy atom. The number of rotatable bonds is 7. The molecule has 2 aliphatic heterocycles. The second kappa shape index (κ2) is 11.9. The smallest absolute Gasteiger partial charge is 0.257 e. The lowest BCUT2D eigenvalue weighted by Crippen LogP contribution is -2.55. The van der Waals surface area contributed by atoms with Crippen LogP contribution in [0.4, 0.5) is 0 Å². The molecule has 0 bridgehead atoms. The topological polar surface area (TPSA) is 88.2 Å². The minimum absolute atomic E-state index is 0.0274. The fourth-order valence-corrected chi connectivity index (χ4v) is 5.11. The third-order valence-corrected chi connectivity index (χ3v) is 7.19. The van der Waals surface area contributed by atoms with E-state index in [1.165, 1.54) is 0 Å². The Morgan fingerprint density at radius 1 is 0.861 bits per heavy atom. The zero-order chi connectivity index (χ0) is 25.5. The molecule has 0 aromatic heterocycles. The fraction of sp³-hybridized carbons (Fsp3) is 0.464. The molecule has 2 aromatic carbocycles. The first kappa shape index (κ1) is 25.5. The Bertz CT molecular complexity index is 1070. The van der Waals surface area contributed by atoms with Crippen LogP contribution in [0.2, 0.25) is 0 Å². The number of benzene rings is 2. The van der Waals surface area contributed by atoms with Crippen LogP contribution < -0.4 is 14.8 Å². The lowest BCUT2D eigenvalue weighted by molar-refractivity contribution is -0.136. The van der Waals surface area contributed by atoms with Gasteiger partial charge in [0.1, 0.15) is 17.5 Å². The van der Waals surface area contributed by atoms with Gasteiger partial charge in [-0.15, -0.1) is 0 Å². The number of methoxy groups -OCH3 is 2. The first-order chi connectivity index (χ1) is 17.5. The van der Waals surface area contributed by atoms with Crippen molar-refractivity contribution >= 4 is 17.7 Å². The zero-order valence-corrected chi connectivity index (χ0v) is 21.1. The third-order valence-electron chi connectivity index (χ3n) is 7.19. The molecule has 36 heavy (non-hydrogen) atoms. The van der Waals surface area contributed by atoms with E-state index in [4.69, 9.17) is 9.47 Å². The summed E-state index contributed by atoms with van der Waals surface area (Å²) in [5.41, 5.74) is 0.986. The maximum Gasteiger partial charge on any atom is 0.257 e. The van der Waals surface area contributed by atoms with E-state index in [1.807, 2.05) is 17.0 Å². The number of carbonyl (C=O) groups excluding carboxylic acids is 3. The van der Waals surface area contributed by atoms with Crippen molar-refractivity contribution < 1.29 is 23.9 Å². The average molecular weight is 494 g/mol. The van der Waals surface area contributed by atoms with Gasteiger partial charge in [-0.05, 0) is 68.4 Å². The van der Waals surface area contributed by atoms with Crippen molar-refractivity contribution in [1.82, 2.24) is 15.1 Å². The van der Waals surface area contributed by atoms with Crippen molar-refractivity contribution in [2.24, 2.45) is 5.92 Å². The quantitative estimate of drug-likeness (QED) is 0.639. The Hall–Kier alpha value is -3.55. The van der Waals surface area contributed by atoms with Crippen LogP contribution in [0.25, 0.3) is 0 Å². The summed E-state index contributed by atoms with van der Waals surface area (Å²) in [5.74, 6) is 0.677. The summed E-state index contributed by atoms with van der Waals surface area (Å²) >= 11 is 0. The van der Waals surface area contributed by atoms with Gasteiger partial charge in [0.15, 0.2) is 0 Å². The number of piperidine rings is 2. The third kappa shape index (κ3) is 5.80. The lowest BCUT2D eigenvalue weighted by atomic mass is 9.87. The predicted molar refractivity (Wildman–Crippen MR) is 136 cm³/mol. The summed E-state index contributed by atoms with van der Waals surface area (Å²) in [4.78, 5) is 43.6. The van der Waals surface area contributed by atoms with Gasteiger partial charge >= 0.3 is 0 Å².